The van der Waals surface area contributed by atoms with Crippen LogP contribution in [0, 0.1) is 0 Å². The first-order valence-electron chi connectivity index (χ1n) is 5.80. The van der Waals surface area contributed by atoms with Gasteiger partial charge in [0.05, 0.1) is 0 Å². The molecule has 1 aromatic rings. The van der Waals surface area contributed by atoms with Crippen LogP contribution in [-0.2, 0) is 9.53 Å². The van der Waals surface area contributed by atoms with Gasteiger partial charge in [0.1, 0.15) is 6.04 Å². The number of halogens is 3. The van der Waals surface area contributed by atoms with E-state index >= 15 is 0 Å². The lowest BCUT2D eigenvalue weighted by Gasteiger charge is -2.31. The molecule has 0 radical (unpaired) electrons. The van der Waals surface area contributed by atoms with Gasteiger partial charge in [-0.15, -0.1) is 0 Å². The maximum atomic E-state index is 12.5. The SMILES string of the molecule is O=C(N[C@H]1C=C[C@@](O)(C(F)(F)F)OC1=O)c1ccccc1. The average molecular weight is 301 g/mol. The Balaban J connectivity index is 2.12. The zero-order chi connectivity index (χ0) is 15.7. The average Bonchev–Trinajstić information content (AvgIpc) is 2.42. The van der Waals surface area contributed by atoms with E-state index < -0.39 is 29.9 Å². The van der Waals surface area contributed by atoms with Crippen molar-refractivity contribution in [3.05, 3.63) is 48.0 Å². The first-order chi connectivity index (χ1) is 9.73. The minimum absolute atomic E-state index is 0.232. The van der Waals surface area contributed by atoms with Crippen molar-refractivity contribution in [3.63, 3.8) is 0 Å². The van der Waals surface area contributed by atoms with E-state index in [-0.39, 0.29) is 11.6 Å². The second-order valence-electron chi connectivity index (χ2n) is 4.29. The van der Waals surface area contributed by atoms with Crippen molar-refractivity contribution in [1.82, 2.24) is 5.32 Å². The Hall–Kier alpha value is -2.35. The molecule has 0 saturated heterocycles. The number of carbonyl (C=O) groups excluding carboxylic acids is 2. The van der Waals surface area contributed by atoms with Gasteiger partial charge in [0.15, 0.2) is 0 Å². The summed E-state index contributed by atoms with van der Waals surface area (Å²) < 4.78 is 41.4. The summed E-state index contributed by atoms with van der Waals surface area (Å²) in [5.41, 5.74) is 0.232. The molecule has 0 fully saturated rings. The molecule has 5 nitrogen and oxygen atoms in total. The van der Waals surface area contributed by atoms with Crippen LogP contribution in [0.1, 0.15) is 10.4 Å². The van der Waals surface area contributed by atoms with Crippen molar-refractivity contribution in [3.8, 4) is 0 Å². The highest BCUT2D eigenvalue weighted by Gasteiger charge is 2.58. The predicted octanol–water partition coefficient (Wildman–Crippen LogP) is 1.15. The fraction of sp³-hybridized carbons (Fsp3) is 0.231. The van der Waals surface area contributed by atoms with Crippen molar-refractivity contribution in [2.75, 3.05) is 0 Å². The Morgan fingerprint density at radius 3 is 2.43 bits per heavy atom. The quantitative estimate of drug-likeness (QED) is 0.634. The number of ether oxygens (including phenoxy) is 1. The second-order valence-corrected chi connectivity index (χ2v) is 4.29. The molecule has 112 valence electrons. The summed E-state index contributed by atoms with van der Waals surface area (Å²) in [6.45, 7) is 0. The third-order valence-electron chi connectivity index (χ3n) is 2.75. The number of hydrogen-bond donors (Lipinski definition) is 2. The molecule has 8 heteroatoms. The first kappa shape index (κ1) is 15.0. The van der Waals surface area contributed by atoms with Gasteiger partial charge in [0.2, 0.25) is 0 Å². The summed E-state index contributed by atoms with van der Waals surface area (Å²) in [5, 5.41) is 11.4. The zero-order valence-corrected chi connectivity index (χ0v) is 10.4. The molecule has 21 heavy (non-hydrogen) atoms. The third-order valence-corrected chi connectivity index (χ3v) is 2.75. The van der Waals surface area contributed by atoms with E-state index in [1.54, 1.807) is 18.2 Å². The van der Waals surface area contributed by atoms with Gasteiger partial charge in [-0.1, -0.05) is 18.2 Å². The Bertz CT molecular complexity index is 585. The Kier molecular flexibility index (Phi) is 3.73. The summed E-state index contributed by atoms with van der Waals surface area (Å²) in [4.78, 5) is 23.3. The standard InChI is InChI=1S/C13H10F3NO4/c14-13(15,16)12(20)7-6-9(11(19)21-12)17-10(18)8-4-2-1-3-5-8/h1-7,9,20H,(H,17,18)/t9-,12-/m0/s1. The molecular formula is C13H10F3NO4. The van der Waals surface area contributed by atoms with Gasteiger partial charge >= 0.3 is 17.9 Å². The molecule has 1 heterocycles. The monoisotopic (exact) mass is 301 g/mol. The van der Waals surface area contributed by atoms with Crippen LogP contribution >= 0.6 is 0 Å². The lowest BCUT2D eigenvalue weighted by Crippen LogP contribution is -2.54. The predicted molar refractivity (Wildman–Crippen MR) is 63.9 cm³/mol. The van der Waals surface area contributed by atoms with Gasteiger partial charge in [-0.25, -0.2) is 4.79 Å². The van der Waals surface area contributed by atoms with Gasteiger partial charge in [-0.3, -0.25) is 4.79 Å². The van der Waals surface area contributed by atoms with Crippen molar-refractivity contribution < 1.29 is 32.6 Å². The molecule has 2 rings (SSSR count). The highest BCUT2D eigenvalue weighted by atomic mass is 19.4. The molecule has 1 amide bonds. The number of amides is 1. The zero-order valence-electron chi connectivity index (χ0n) is 10.4. The molecule has 0 aromatic heterocycles. The number of rotatable bonds is 2. The fourth-order valence-electron chi connectivity index (χ4n) is 1.63. The molecule has 2 N–H and O–H groups in total. The number of cyclic esters (lactones) is 1. The van der Waals surface area contributed by atoms with Gasteiger partial charge in [0, 0.05) is 5.56 Å². The maximum absolute atomic E-state index is 12.5. The molecule has 1 aliphatic rings. The molecule has 0 saturated carbocycles. The minimum Gasteiger partial charge on any atom is -0.418 e. The third kappa shape index (κ3) is 3.05. The van der Waals surface area contributed by atoms with Gasteiger partial charge in [-0.2, -0.15) is 13.2 Å². The molecule has 1 aromatic carbocycles. The van der Waals surface area contributed by atoms with Crippen molar-refractivity contribution >= 4 is 11.9 Å². The molecule has 0 aliphatic carbocycles. The summed E-state index contributed by atoms with van der Waals surface area (Å²) in [6.07, 6.45) is -4.14. The normalized spacial score (nSPS) is 25.3. The Morgan fingerprint density at radius 1 is 1.29 bits per heavy atom. The molecule has 2 atom stereocenters. The summed E-state index contributed by atoms with van der Waals surface area (Å²) in [7, 11) is 0. The smallest absolute Gasteiger partial charge is 0.418 e. The van der Waals surface area contributed by atoms with Crippen LogP contribution in [0.5, 0.6) is 0 Å². The molecular weight excluding hydrogens is 291 g/mol. The minimum atomic E-state index is -5.16. The van der Waals surface area contributed by atoms with Crippen LogP contribution in [0.15, 0.2) is 42.5 Å². The van der Waals surface area contributed by atoms with Crippen molar-refractivity contribution in [1.29, 1.82) is 0 Å². The highest BCUT2D eigenvalue weighted by molar-refractivity contribution is 5.97. The van der Waals surface area contributed by atoms with E-state index in [0.717, 1.165) is 6.08 Å². The van der Waals surface area contributed by atoms with Crippen LogP contribution in [0.2, 0.25) is 0 Å². The van der Waals surface area contributed by atoms with Crippen LogP contribution in [0.3, 0.4) is 0 Å². The molecule has 0 bridgehead atoms. The lowest BCUT2D eigenvalue weighted by molar-refractivity contribution is -0.330. The highest BCUT2D eigenvalue weighted by Crippen LogP contribution is 2.34. The van der Waals surface area contributed by atoms with E-state index in [0.29, 0.717) is 0 Å². The summed E-state index contributed by atoms with van der Waals surface area (Å²) in [5.74, 6) is -5.72. The number of nitrogens with one attached hydrogen (secondary N) is 1. The van der Waals surface area contributed by atoms with Gasteiger partial charge in [-0.05, 0) is 24.3 Å². The van der Waals surface area contributed by atoms with Crippen LogP contribution in [-0.4, -0.2) is 35.0 Å². The van der Waals surface area contributed by atoms with Crippen molar-refractivity contribution in [2.24, 2.45) is 0 Å². The summed E-state index contributed by atoms with van der Waals surface area (Å²) >= 11 is 0. The lowest BCUT2D eigenvalue weighted by atomic mass is 10.1. The number of alkyl halides is 3. The van der Waals surface area contributed by atoms with Crippen LogP contribution in [0.4, 0.5) is 13.2 Å². The Labute approximate surface area is 117 Å². The molecule has 0 spiro atoms. The second kappa shape index (κ2) is 5.21. The van der Waals surface area contributed by atoms with Crippen molar-refractivity contribution in [2.45, 2.75) is 18.0 Å². The van der Waals surface area contributed by atoms with E-state index in [1.165, 1.54) is 12.1 Å². The van der Waals surface area contributed by atoms with E-state index in [9.17, 15) is 27.9 Å². The number of benzene rings is 1. The van der Waals surface area contributed by atoms with E-state index in [4.69, 9.17) is 0 Å². The number of esters is 1. The van der Waals surface area contributed by atoms with E-state index in [1.807, 2.05) is 0 Å². The Morgan fingerprint density at radius 2 is 1.90 bits per heavy atom. The van der Waals surface area contributed by atoms with Crippen LogP contribution in [0.25, 0.3) is 0 Å². The fourth-order valence-corrected chi connectivity index (χ4v) is 1.63. The number of aliphatic hydroxyl groups is 1. The first-order valence-corrected chi connectivity index (χ1v) is 5.80. The maximum Gasteiger partial charge on any atom is 0.459 e. The number of carbonyl (C=O) groups is 2. The topological polar surface area (TPSA) is 75.6 Å². The number of hydrogen-bond acceptors (Lipinski definition) is 4. The van der Waals surface area contributed by atoms with Gasteiger partial charge < -0.3 is 15.2 Å². The van der Waals surface area contributed by atoms with Gasteiger partial charge in [0.25, 0.3) is 5.91 Å². The van der Waals surface area contributed by atoms with Crippen LogP contribution < -0.4 is 5.32 Å². The largest absolute Gasteiger partial charge is 0.459 e. The summed E-state index contributed by atoms with van der Waals surface area (Å²) in [6, 6.07) is 6.40. The molecule has 1 aliphatic heterocycles. The van der Waals surface area contributed by atoms with E-state index in [2.05, 4.69) is 10.1 Å². The molecule has 0 unspecified atom stereocenters.